The number of hydrogen-bond donors (Lipinski definition) is 3. The monoisotopic (exact) mass is 998 g/mol. The van der Waals surface area contributed by atoms with Gasteiger partial charge in [0.15, 0.2) is 0 Å². The number of rotatable bonds is 62. The first-order valence-electron chi connectivity index (χ1n) is 33.1. The molecule has 2 atom stereocenters. The van der Waals surface area contributed by atoms with Crippen molar-refractivity contribution in [2.45, 2.75) is 392 Å². The van der Waals surface area contributed by atoms with Crippen LogP contribution in [0.2, 0.25) is 0 Å². The second-order valence-electron chi connectivity index (χ2n) is 22.9. The smallest absolute Gasteiger partial charge is 0.220 e. The average Bonchev–Trinajstić information content (AvgIpc) is 3.37. The molecular formula is C67H131NO3. The number of carbonyl (C=O) groups excluding carboxylic acids is 1. The van der Waals surface area contributed by atoms with Crippen LogP contribution in [0.4, 0.5) is 0 Å². The third-order valence-corrected chi connectivity index (χ3v) is 15.7. The van der Waals surface area contributed by atoms with Gasteiger partial charge in [-0.1, -0.05) is 366 Å². The van der Waals surface area contributed by atoms with Crippen LogP contribution in [0, 0.1) is 0 Å². The molecule has 0 aliphatic heterocycles. The zero-order valence-corrected chi connectivity index (χ0v) is 48.8. The summed E-state index contributed by atoms with van der Waals surface area (Å²) in [5, 5.41) is 23.2. The molecule has 0 aliphatic carbocycles. The highest BCUT2D eigenvalue weighted by atomic mass is 16.3. The first-order valence-corrected chi connectivity index (χ1v) is 33.1. The Kier molecular flexibility index (Phi) is 62.2. The molecule has 0 aromatic rings. The number of aliphatic hydroxyl groups is 2. The Hall–Kier alpha value is -1.13. The Balaban J connectivity index is 3.42. The maximum Gasteiger partial charge on any atom is 0.220 e. The van der Waals surface area contributed by atoms with Crippen LogP contribution in [0.1, 0.15) is 380 Å². The van der Waals surface area contributed by atoms with Crippen molar-refractivity contribution in [1.29, 1.82) is 0 Å². The molecule has 0 rings (SSSR count). The summed E-state index contributed by atoms with van der Waals surface area (Å²) in [5.41, 5.74) is 0. The summed E-state index contributed by atoms with van der Waals surface area (Å²) in [6.45, 7) is 4.35. The van der Waals surface area contributed by atoms with Crippen LogP contribution >= 0.6 is 0 Å². The highest BCUT2D eigenvalue weighted by Gasteiger charge is 2.18. The minimum atomic E-state index is -0.861. The second-order valence-corrected chi connectivity index (χ2v) is 22.9. The van der Waals surface area contributed by atoms with Gasteiger partial charge >= 0.3 is 0 Å². The summed E-state index contributed by atoms with van der Waals surface area (Å²) in [4.78, 5) is 12.5. The fraction of sp³-hybridized carbons (Fsp3) is 0.925. The van der Waals surface area contributed by atoms with Crippen molar-refractivity contribution in [3.63, 3.8) is 0 Å². The van der Waals surface area contributed by atoms with Crippen LogP contribution in [0.5, 0.6) is 0 Å². The van der Waals surface area contributed by atoms with E-state index in [-0.39, 0.29) is 12.5 Å². The van der Waals surface area contributed by atoms with Gasteiger partial charge in [-0.2, -0.15) is 0 Å². The van der Waals surface area contributed by atoms with E-state index < -0.39 is 12.1 Å². The molecule has 0 aliphatic rings. The fourth-order valence-corrected chi connectivity index (χ4v) is 10.7. The molecule has 3 N–H and O–H groups in total. The van der Waals surface area contributed by atoms with Gasteiger partial charge in [0.2, 0.25) is 5.91 Å². The Labute approximate surface area is 447 Å². The van der Waals surface area contributed by atoms with Crippen LogP contribution in [0.25, 0.3) is 0 Å². The summed E-state index contributed by atoms with van der Waals surface area (Å²) >= 11 is 0. The SMILES string of the molecule is CCCCCCCCCCCCCCCCCCCC/C=C/CC/C=C/C(O)C(CO)NC(=O)CCCCCCCCCCCCCCCCCCCCCCCCCCCCCCCCCCCCC. The third-order valence-electron chi connectivity index (χ3n) is 15.7. The summed E-state index contributed by atoms with van der Waals surface area (Å²) in [7, 11) is 0. The van der Waals surface area contributed by atoms with Gasteiger partial charge in [-0.25, -0.2) is 0 Å². The number of aliphatic hydroxyl groups excluding tert-OH is 2. The van der Waals surface area contributed by atoms with Crippen molar-refractivity contribution in [3.8, 4) is 0 Å². The quantitative estimate of drug-likeness (QED) is 0.0420. The van der Waals surface area contributed by atoms with E-state index in [0.29, 0.717) is 6.42 Å². The summed E-state index contributed by atoms with van der Waals surface area (Å²) < 4.78 is 0. The van der Waals surface area contributed by atoms with Crippen LogP contribution in [0.3, 0.4) is 0 Å². The van der Waals surface area contributed by atoms with Crippen LogP contribution in [0.15, 0.2) is 24.3 Å². The summed E-state index contributed by atoms with van der Waals surface area (Å²) in [6.07, 6.45) is 85.5. The number of nitrogens with one attached hydrogen (secondary N) is 1. The topological polar surface area (TPSA) is 69.6 Å². The van der Waals surface area contributed by atoms with Crippen molar-refractivity contribution < 1.29 is 15.0 Å². The van der Waals surface area contributed by atoms with Crippen molar-refractivity contribution in [3.05, 3.63) is 24.3 Å². The molecule has 71 heavy (non-hydrogen) atoms. The van der Waals surface area contributed by atoms with E-state index in [4.69, 9.17) is 0 Å². The van der Waals surface area contributed by atoms with E-state index in [1.54, 1.807) is 6.08 Å². The number of amides is 1. The molecule has 0 aromatic heterocycles. The van der Waals surface area contributed by atoms with Gasteiger partial charge in [-0.3, -0.25) is 4.79 Å². The van der Waals surface area contributed by atoms with Gasteiger partial charge in [-0.05, 0) is 32.1 Å². The van der Waals surface area contributed by atoms with Crippen LogP contribution < -0.4 is 5.32 Å². The molecule has 1 amide bonds. The molecule has 0 bridgehead atoms. The number of hydrogen-bond acceptors (Lipinski definition) is 3. The lowest BCUT2D eigenvalue weighted by Crippen LogP contribution is -2.45. The van der Waals surface area contributed by atoms with Gasteiger partial charge in [0.05, 0.1) is 18.8 Å². The molecule has 4 nitrogen and oxygen atoms in total. The normalized spacial score (nSPS) is 12.8. The lowest BCUT2D eigenvalue weighted by molar-refractivity contribution is -0.123. The molecule has 0 aromatic carbocycles. The van der Waals surface area contributed by atoms with Crippen molar-refractivity contribution in [1.82, 2.24) is 5.32 Å². The highest BCUT2D eigenvalue weighted by molar-refractivity contribution is 5.76. The maximum atomic E-state index is 12.5. The van der Waals surface area contributed by atoms with E-state index in [9.17, 15) is 15.0 Å². The minimum absolute atomic E-state index is 0.0648. The molecule has 4 heteroatoms. The molecule has 0 saturated carbocycles. The molecule has 2 unspecified atom stereocenters. The van der Waals surface area contributed by atoms with Gasteiger partial charge in [0.1, 0.15) is 0 Å². The zero-order valence-electron chi connectivity index (χ0n) is 48.8. The van der Waals surface area contributed by atoms with Crippen molar-refractivity contribution >= 4 is 5.91 Å². The first-order chi connectivity index (χ1) is 35.2. The van der Waals surface area contributed by atoms with Crippen LogP contribution in [-0.4, -0.2) is 34.9 Å². The molecule has 0 saturated heterocycles. The Morgan fingerprint density at radius 2 is 0.549 bits per heavy atom. The van der Waals surface area contributed by atoms with Crippen molar-refractivity contribution in [2.75, 3.05) is 6.61 Å². The molecule has 0 radical (unpaired) electrons. The Bertz CT molecular complexity index is 1040. The third kappa shape index (κ3) is 59.6. The largest absolute Gasteiger partial charge is 0.394 e. The fourth-order valence-electron chi connectivity index (χ4n) is 10.7. The lowest BCUT2D eigenvalue weighted by Gasteiger charge is -2.19. The van der Waals surface area contributed by atoms with E-state index in [0.717, 1.165) is 32.1 Å². The predicted molar refractivity (Wildman–Crippen MR) is 318 cm³/mol. The Morgan fingerprint density at radius 1 is 0.324 bits per heavy atom. The number of allylic oxidation sites excluding steroid dienone is 3. The van der Waals surface area contributed by atoms with E-state index >= 15 is 0 Å². The van der Waals surface area contributed by atoms with Crippen molar-refractivity contribution in [2.24, 2.45) is 0 Å². The first kappa shape index (κ1) is 69.9. The lowest BCUT2D eigenvalue weighted by atomic mass is 10.0. The average molecular weight is 999 g/mol. The molecular weight excluding hydrogens is 867 g/mol. The standard InChI is InChI=1S/C67H131NO3/c1-3-5-7-9-11-13-15-17-19-21-23-25-27-29-30-31-32-33-34-35-36-37-38-39-41-43-45-47-49-51-53-55-57-59-61-63-67(71)68-65(64-69)66(70)62-60-58-56-54-52-50-48-46-44-42-40-28-26-24-22-20-18-16-14-12-10-8-6-4-2/h52,54,60,62,65-66,69-70H,3-51,53,55-59,61,63-64H2,1-2H3,(H,68,71)/b54-52+,62-60+. The van der Waals surface area contributed by atoms with Gasteiger partial charge in [-0.15, -0.1) is 0 Å². The summed E-state index contributed by atoms with van der Waals surface area (Å²) in [6, 6.07) is -0.637. The number of carbonyl (C=O) groups is 1. The molecule has 422 valence electrons. The highest BCUT2D eigenvalue weighted by Crippen LogP contribution is 2.19. The number of unbranched alkanes of at least 4 members (excludes halogenated alkanes) is 53. The van der Waals surface area contributed by atoms with Gasteiger partial charge < -0.3 is 15.5 Å². The minimum Gasteiger partial charge on any atom is -0.394 e. The van der Waals surface area contributed by atoms with Crippen LogP contribution in [-0.2, 0) is 4.79 Å². The molecule has 0 heterocycles. The van der Waals surface area contributed by atoms with E-state index in [2.05, 4.69) is 31.3 Å². The van der Waals surface area contributed by atoms with Gasteiger partial charge in [0, 0.05) is 6.42 Å². The zero-order chi connectivity index (χ0) is 51.3. The molecule has 0 spiro atoms. The van der Waals surface area contributed by atoms with E-state index in [1.165, 1.54) is 327 Å². The molecule has 0 fully saturated rings. The summed E-state index contributed by atoms with van der Waals surface area (Å²) in [5.74, 6) is -0.0648. The maximum absolute atomic E-state index is 12.5. The second kappa shape index (κ2) is 63.2. The predicted octanol–water partition coefficient (Wildman–Crippen LogP) is 22.2. The van der Waals surface area contributed by atoms with E-state index in [1.807, 2.05) is 6.08 Å². The Morgan fingerprint density at radius 3 is 0.817 bits per heavy atom. The van der Waals surface area contributed by atoms with Gasteiger partial charge in [0.25, 0.3) is 0 Å².